The summed E-state index contributed by atoms with van der Waals surface area (Å²) in [4.78, 5) is 4.01. The molecule has 1 heterocycles. The van der Waals surface area contributed by atoms with Gasteiger partial charge in [0.1, 0.15) is 0 Å². The number of aromatic nitrogens is 1. The summed E-state index contributed by atoms with van der Waals surface area (Å²) >= 11 is 0. The van der Waals surface area contributed by atoms with Crippen LogP contribution < -0.4 is 10.5 Å². The highest BCUT2D eigenvalue weighted by molar-refractivity contribution is 7.93. The lowest BCUT2D eigenvalue weighted by molar-refractivity contribution is 0.415. The fraction of sp³-hybridized carbons (Fsp3) is 0.125. The van der Waals surface area contributed by atoms with Gasteiger partial charge in [0, 0.05) is 5.41 Å². The van der Waals surface area contributed by atoms with Gasteiger partial charge in [0.15, 0.2) is 21.4 Å². The van der Waals surface area contributed by atoms with Gasteiger partial charge in [-0.1, -0.05) is 12.1 Å². The van der Waals surface area contributed by atoms with Crippen molar-refractivity contribution in [1.29, 1.82) is 5.26 Å². The third kappa shape index (κ3) is 4.56. The second-order valence-corrected chi connectivity index (χ2v) is 6.62. The fourth-order valence-corrected chi connectivity index (χ4v) is 2.90. The third-order valence-electron chi connectivity index (χ3n) is 3.02. The number of sulfone groups is 1. The van der Waals surface area contributed by atoms with E-state index in [0.717, 1.165) is 5.41 Å². The molecule has 118 valence electrons. The van der Waals surface area contributed by atoms with Crippen LogP contribution >= 0.6 is 0 Å². The van der Waals surface area contributed by atoms with Gasteiger partial charge >= 0.3 is 0 Å². The summed E-state index contributed by atoms with van der Waals surface area (Å²) in [6, 6.07) is 11.7. The van der Waals surface area contributed by atoms with Gasteiger partial charge in [-0.3, -0.25) is 0 Å². The number of nitrogen functional groups attached to an aromatic ring is 1. The molecule has 1 aromatic heterocycles. The summed E-state index contributed by atoms with van der Waals surface area (Å²) in [5.74, 6) is 0.295. The number of nitrogens with two attached hydrogens (primary N) is 1. The summed E-state index contributed by atoms with van der Waals surface area (Å²) in [6.07, 6.45) is 1.48. The first-order chi connectivity index (χ1) is 10.9. The molecule has 2 rings (SSSR count). The second kappa shape index (κ2) is 6.94. The Morgan fingerprint density at radius 1 is 1.26 bits per heavy atom. The minimum absolute atomic E-state index is 0.149. The number of ether oxygens (including phenoxy) is 1. The molecule has 0 aliphatic heterocycles. The van der Waals surface area contributed by atoms with Gasteiger partial charge in [-0.2, -0.15) is 5.26 Å². The molecule has 0 spiro atoms. The number of hydrogen-bond donors (Lipinski definition) is 1. The Labute approximate surface area is 134 Å². The van der Waals surface area contributed by atoms with E-state index in [1.807, 2.05) is 6.07 Å². The Morgan fingerprint density at radius 3 is 2.52 bits per heavy atom. The first kappa shape index (κ1) is 16.5. The van der Waals surface area contributed by atoms with Crippen molar-refractivity contribution < 1.29 is 13.2 Å². The van der Waals surface area contributed by atoms with Crippen LogP contribution in [0.25, 0.3) is 6.08 Å². The number of rotatable bonds is 5. The van der Waals surface area contributed by atoms with E-state index in [9.17, 15) is 8.42 Å². The van der Waals surface area contributed by atoms with E-state index in [1.54, 1.807) is 36.4 Å². The van der Waals surface area contributed by atoms with Gasteiger partial charge in [-0.15, -0.1) is 0 Å². The van der Waals surface area contributed by atoms with Gasteiger partial charge < -0.3 is 10.5 Å². The highest BCUT2D eigenvalue weighted by atomic mass is 32.2. The van der Waals surface area contributed by atoms with E-state index in [2.05, 4.69) is 4.98 Å². The number of hydrogen-bond acceptors (Lipinski definition) is 6. The summed E-state index contributed by atoms with van der Waals surface area (Å²) in [6.45, 7) is 0. The average Bonchev–Trinajstić information content (AvgIpc) is 2.53. The Morgan fingerprint density at radius 2 is 1.96 bits per heavy atom. The molecule has 0 radical (unpaired) electrons. The zero-order valence-corrected chi connectivity index (χ0v) is 13.2. The van der Waals surface area contributed by atoms with Crippen LogP contribution in [-0.2, 0) is 15.6 Å². The van der Waals surface area contributed by atoms with Crippen LogP contribution in [0.1, 0.15) is 16.8 Å². The predicted octanol–water partition coefficient (Wildman–Crippen LogP) is 2.13. The van der Waals surface area contributed by atoms with Crippen molar-refractivity contribution in [3.05, 3.63) is 58.6 Å². The number of pyridine rings is 1. The molecule has 0 aliphatic rings. The molecule has 1 aromatic carbocycles. The van der Waals surface area contributed by atoms with Gasteiger partial charge in [-0.05, 0) is 35.9 Å². The maximum Gasteiger partial charge on any atom is 0.177 e. The van der Waals surface area contributed by atoms with Crippen molar-refractivity contribution in [3.63, 3.8) is 0 Å². The van der Waals surface area contributed by atoms with Crippen molar-refractivity contribution in [3.8, 4) is 11.8 Å². The van der Waals surface area contributed by atoms with E-state index in [1.165, 1.54) is 13.2 Å². The van der Waals surface area contributed by atoms with Crippen molar-refractivity contribution >= 4 is 21.7 Å². The molecular weight excluding hydrogens is 314 g/mol. The zero-order chi connectivity index (χ0) is 16.9. The first-order valence-corrected chi connectivity index (χ1v) is 8.35. The quantitative estimate of drug-likeness (QED) is 0.900. The molecule has 0 bridgehead atoms. The van der Waals surface area contributed by atoms with Crippen LogP contribution in [0.3, 0.4) is 0 Å². The Bertz CT molecular complexity index is 866. The predicted molar refractivity (Wildman–Crippen MR) is 88.0 cm³/mol. The molecule has 0 aliphatic carbocycles. The molecule has 2 N–H and O–H groups in total. The van der Waals surface area contributed by atoms with Crippen molar-refractivity contribution in [2.24, 2.45) is 0 Å². The summed E-state index contributed by atoms with van der Waals surface area (Å²) in [5.41, 5.74) is 7.21. The molecule has 0 saturated heterocycles. The van der Waals surface area contributed by atoms with Crippen molar-refractivity contribution in [2.75, 3.05) is 12.8 Å². The van der Waals surface area contributed by atoms with Crippen LogP contribution in [0.5, 0.6) is 5.75 Å². The standard InChI is InChI=1S/C16H15N3O3S/c1-22-15-7-6-14(19-16(15)18)11-23(20,21)9-8-12-2-4-13(10-17)5-3-12/h2-9H,11H2,1H3,(H2,18,19). The Hall–Kier alpha value is -2.85. The molecule has 0 unspecified atom stereocenters. The lowest BCUT2D eigenvalue weighted by Crippen LogP contribution is -2.04. The Kier molecular flexibility index (Phi) is 4.98. The molecule has 6 nitrogen and oxygen atoms in total. The molecule has 23 heavy (non-hydrogen) atoms. The largest absolute Gasteiger partial charge is 0.493 e. The van der Waals surface area contributed by atoms with Crippen molar-refractivity contribution in [1.82, 2.24) is 4.98 Å². The van der Waals surface area contributed by atoms with Gasteiger partial charge in [0.25, 0.3) is 0 Å². The fourth-order valence-electron chi connectivity index (χ4n) is 1.86. The topological polar surface area (TPSA) is 106 Å². The van der Waals surface area contributed by atoms with Crippen LogP contribution in [-0.4, -0.2) is 20.5 Å². The van der Waals surface area contributed by atoms with E-state index in [4.69, 9.17) is 15.7 Å². The number of methoxy groups -OCH3 is 1. The van der Waals surface area contributed by atoms with Gasteiger partial charge in [0.2, 0.25) is 0 Å². The molecule has 0 fully saturated rings. The van der Waals surface area contributed by atoms with E-state index < -0.39 is 9.84 Å². The normalized spacial score (nSPS) is 11.3. The van der Waals surface area contributed by atoms with Gasteiger partial charge in [-0.25, -0.2) is 13.4 Å². The number of nitrogens with zero attached hydrogens (tertiary/aromatic N) is 2. The monoisotopic (exact) mass is 329 g/mol. The minimum Gasteiger partial charge on any atom is -0.493 e. The maximum atomic E-state index is 12.1. The van der Waals surface area contributed by atoms with Crippen LogP contribution in [0.4, 0.5) is 5.82 Å². The minimum atomic E-state index is -3.49. The third-order valence-corrected chi connectivity index (χ3v) is 4.27. The van der Waals surface area contributed by atoms with Crippen LogP contribution in [0, 0.1) is 11.3 Å². The molecule has 0 atom stereocenters. The SMILES string of the molecule is COc1ccc(CS(=O)(=O)C=Cc2ccc(C#N)cc2)nc1N. The first-order valence-electron chi connectivity index (χ1n) is 6.64. The summed E-state index contributed by atoms with van der Waals surface area (Å²) in [7, 11) is -2.03. The number of benzene rings is 1. The highest BCUT2D eigenvalue weighted by Gasteiger charge is 2.11. The van der Waals surface area contributed by atoms with Crippen molar-refractivity contribution in [2.45, 2.75) is 5.75 Å². The maximum absolute atomic E-state index is 12.1. The smallest absolute Gasteiger partial charge is 0.177 e. The van der Waals surface area contributed by atoms with Gasteiger partial charge in [0.05, 0.1) is 30.2 Å². The number of nitriles is 1. The van der Waals surface area contributed by atoms with E-state index in [-0.39, 0.29) is 11.6 Å². The summed E-state index contributed by atoms with van der Waals surface area (Å²) in [5, 5.41) is 9.84. The summed E-state index contributed by atoms with van der Waals surface area (Å²) < 4.78 is 29.2. The van der Waals surface area contributed by atoms with Crippen LogP contribution in [0.15, 0.2) is 41.8 Å². The highest BCUT2D eigenvalue weighted by Crippen LogP contribution is 2.19. The van der Waals surface area contributed by atoms with Crippen LogP contribution in [0.2, 0.25) is 0 Å². The zero-order valence-electron chi connectivity index (χ0n) is 12.4. The lowest BCUT2D eigenvalue weighted by Gasteiger charge is -2.05. The van der Waals surface area contributed by atoms with E-state index in [0.29, 0.717) is 22.6 Å². The molecule has 7 heteroatoms. The Balaban J connectivity index is 2.13. The average molecular weight is 329 g/mol. The number of anilines is 1. The molecule has 2 aromatic rings. The molecule has 0 saturated carbocycles. The van der Waals surface area contributed by atoms with E-state index >= 15 is 0 Å². The second-order valence-electron chi connectivity index (χ2n) is 4.73. The lowest BCUT2D eigenvalue weighted by atomic mass is 10.1. The molecular formula is C16H15N3O3S. The molecule has 0 amide bonds.